The molecule has 1 aromatic carbocycles. The molecule has 0 fully saturated rings. The zero-order valence-corrected chi connectivity index (χ0v) is 16.3. The van der Waals surface area contributed by atoms with Crippen molar-refractivity contribution in [3.63, 3.8) is 0 Å². The van der Waals surface area contributed by atoms with E-state index in [1.165, 1.54) is 18.2 Å². The third-order valence-electron chi connectivity index (χ3n) is 4.84. The summed E-state index contributed by atoms with van der Waals surface area (Å²) in [6.45, 7) is -0.911. The van der Waals surface area contributed by atoms with Crippen LogP contribution in [0.2, 0.25) is 0 Å². The Labute approximate surface area is 180 Å². The Hall–Kier alpha value is -2.68. The van der Waals surface area contributed by atoms with Gasteiger partial charge in [-0.2, -0.15) is 0 Å². The Morgan fingerprint density at radius 2 is 1.93 bits per heavy atom. The first kappa shape index (κ1) is 10.2. The van der Waals surface area contributed by atoms with Crippen LogP contribution in [0.5, 0.6) is 0 Å². The van der Waals surface area contributed by atoms with Crippen LogP contribution in [-0.2, 0) is 5.41 Å². The highest BCUT2D eigenvalue weighted by atomic mass is 16.3. The number of pyridine rings is 2. The molecule has 4 rings (SSSR count). The molecule has 3 heteroatoms. The van der Waals surface area contributed by atoms with Crippen molar-refractivity contribution in [1.82, 2.24) is 9.97 Å². The van der Waals surface area contributed by atoms with E-state index in [2.05, 4.69) is 9.97 Å². The molecule has 0 amide bonds. The average Bonchev–Trinajstić information content (AvgIpc) is 3.14. The smallest absolute Gasteiger partial charge is 0.227 e. The van der Waals surface area contributed by atoms with Gasteiger partial charge in [-0.05, 0) is 60.6 Å². The summed E-state index contributed by atoms with van der Waals surface area (Å²) in [4.78, 5) is 8.95. The molecule has 0 aliphatic heterocycles. The van der Waals surface area contributed by atoms with E-state index < -0.39 is 26.4 Å². The number of nitrogens with zero attached hydrogens (tertiary/aromatic N) is 2. The number of rotatable bonds is 2. The number of aromatic nitrogens is 2. The Kier molecular flexibility index (Phi) is 2.35. The van der Waals surface area contributed by atoms with E-state index in [4.69, 9.17) is 18.1 Å². The Morgan fingerprint density at radius 1 is 1.11 bits per heavy atom. The lowest BCUT2D eigenvalue weighted by Crippen LogP contribution is -2.12. The number of benzene rings is 1. The summed E-state index contributed by atoms with van der Waals surface area (Å²) in [5.74, 6) is -2.23. The van der Waals surface area contributed by atoms with Crippen molar-refractivity contribution in [2.75, 3.05) is 0 Å². The van der Waals surface area contributed by atoms with Crippen molar-refractivity contribution in [2.45, 2.75) is 59.6 Å². The molecule has 0 saturated heterocycles. The predicted octanol–water partition coefficient (Wildman–Crippen LogP) is 7.08. The Balaban J connectivity index is 2.06. The molecule has 3 aromatic heterocycles. The highest BCUT2D eigenvalue weighted by molar-refractivity contribution is 6.10. The van der Waals surface area contributed by atoms with Crippen LogP contribution in [0.25, 0.3) is 33.3 Å². The second-order valence-corrected chi connectivity index (χ2v) is 8.01. The summed E-state index contributed by atoms with van der Waals surface area (Å²) in [6.07, 6.45) is 1.10. The van der Waals surface area contributed by atoms with Crippen molar-refractivity contribution < 1.29 is 18.1 Å². The van der Waals surface area contributed by atoms with E-state index in [-0.39, 0.29) is 39.1 Å². The van der Waals surface area contributed by atoms with Crippen LogP contribution in [0, 0.1) is 13.7 Å². The average molecular weight is 383 g/mol. The summed E-state index contributed by atoms with van der Waals surface area (Å²) in [5.41, 5.74) is 0.806. The first-order chi connectivity index (χ1) is 17.1. The minimum Gasteiger partial charge on any atom is -0.437 e. The third-order valence-corrected chi connectivity index (χ3v) is 4.84. The Bertz CT molecular complexity index is 1540. The van der Waals surface area contributed by atoms with Crippen molar-refractivity contribution in [2.24, 2.45) is 0 Å². The maximum Gasteiger partial charge on any atom is 0.227 e. The van der Waals surface area contributed by atoms with Crippen LogP contribution in [0.15, 0.2) is 40.9 Å². The maximum atomic E-state index is 8.44. The van der Waals surface area contributed by atoms with E-state index in [1.54, 1.807) is 6.07 Å². The molecule has 1 unspecified atom stereocenters. The zero-order chi connectivity index (χ0) is 28.6. The summed E-state index contributed by atoms with van der Waals surface area (Å²) < 4.78 is 86.2. The lowest BCUT2D eigenvalue weighted by Gasteiger charge is -2.16. The molecule has 1 atom stereocenters. The van der Waals surface area contributed by atoms with Crippen molar-refractivity contribution in [1.29, 1.82) is 0 Å². The zero-order valence-electron chi connectivity index (χ0n) is 26.3. The molecule has 0 N–H and O–H groups in total. The molecule has 28 heavy (non-hydrogen) atoms. The normalized spacial score (nSPS) is 21.1. The van der Waals surface area contributed by atoms with Crippen LogP contribution in [0.4, 0.5) is 0 Å². The first-order valence-corrected chi connectivity index (χ1v) is 9.02. The molecule has 0 bridgehead atoms. The molecule has 3 nitrogen and oxygen atoms in total. The molecule has 0 radical (unpaired) electrons. The van der Waals surface area contributed by atoms with Crippen molar-refractivity contribution in [3.05, 3.63) is 58.9 Å². The maximum absolute atomic E-state index is 8.44. The van der Waals surface area contributed by atoms with Crippen LogP contribution in [0.1, 0.15) is 76.5 Å². The van der Waals surface area contributed by atoms with Gasteiger partial charge in [0.15, 0.2) is 0 Å². The number of hydrogen-bond donors (Lipinski definition) is 0. The fourth-order valence-electron chi connectivity index (χ4n) is 3.28. The van der Waals surface area contributed by atoms with Gasteiger partial charge < -0.3 is 4.42 Å². The number of furan rings is 1. The predicted molar refractivity (Wildman–Crippen MR) is 117 cm³/mol. The SMILES string of the molecule is [2H]C([2H])([2H])c1cc(-c2ccc(C([2H])([2H])[2H])c3c2oc2nc(C(C)(C)C)ccc23)ncc1C([2H])(C)C([2H])([2H])[2H]. The quantitative estimate of drug-likeness (QED) is 0.372. The van der Waals surface area contributed by atoms with Crippen LogP contribution >= 0.6 is 0 Å². The van der Waals surface area contributed by atoms with Crippen molar-refractivity contribution >= 4 is 22.1 Å². The van der Waals surface area contributed by atoms with Gasteiger partial charge in [-0.3, -0.25) is 4.98 Å². The van der Waals surface area contributed by atoms with Gasteiger partial charge >= 0.3 is 0 Å². The monoisotopic (exact) mass is 382 g/mol. The van der Waals surface area contributed by atoms with Gasteiger partial charge in [-0.25, -0.2) is 4.98 Å². The van der Waals surface area contributed by atoms with Gasteiger partial charge in [-0.1, -0.05) is 40.6 Å². The van der Waals surface area contributed by atoms with Crippen molar-refractivity contribution in [3.8, 4) is 11.3 Å². The second kappa shape index (κ2) is 6.44. The molecule has 0 aliphatic rings. The van der Waals surface area contributed by atoms with Crippen LogP contribution in [-0.4, -0.2) is 9.97 Å². The highest BCUT2D eigenvalue weighted by Crippen LogP contribution is 2.38. The fourth-order valence-corrected chi connectivity index (χ4v) is 3.28. The van der Waals surface area contributed by atoms with E-state index >= 15 is 0 Å². The van der Waals surface area contributed by atoms with E-state index in [9.17, 15) is 0 Å². The summed E-state index contributed by atoms with van der Waals surface area (Å²) in [7, 11) is 0. The van der Waals surface area contributed by atoms with Gasteiger partial charge in [0.25, 0.3) is 0 Å². The molecule has 0 spiro atoms. The molecule has 0 aliphatic carbocycles. The highest BCUT2D eigenvalue weighted by Gasteiger charge is 2.20. The van der Waals surface area contributed by atoms with E-state index in [1.807, 2.05) is 26.8 Å². The fraction of sp³-hybridized carbons (Fsp3) is 0.360. The largest absolute Gasteiger partial charge is 0.437 e. The second-order valence-electron chi connectivity index (χ2n) is 8.01. The van der Waals surface area contributed by atoms with Gasteiger partial charge in [0.2, 0.25) is 5.71 Å². The first-order valence-electron chi connectivity index (χ1n) is 14.0. The minimum absolute atomic E-state index is 0.0501. The number of fused-ring (bicyclic) bond motifs is 3. The summed E-state index contributed by atoms with van der Waals surface area (Å²) in [5, 5.41) is 0.814. The van der Waals surface area contributed by atoms with Crippen LogP contribution < -0.4 is 0 Å². The van der Waals surface area contributed by atoms with Crippen LogP contribution in [0.3, 0.4) is 0 Å². The van der Waals surface area contributed by atoms with E-state index in [0.717, 1.165) is 18.8 Å². The van der Waals surface area contributed by atoms with Gasteiger partial charge in [0.1, 0.15) is 5.58 Å². The standard InChI is InChI=1S/C25H28N2O/c1-14(2)19-13-26-20(12-16(19)4)17-9-8-15(3)22-18-10-11-21(25(5,6)7)27-24(18)28-23(17)22/h8-14H,1-7H3/i1D3,3D3,4D3,14D. The van der Waals surface area contributed by atoms with E-state index in [0.29, 0.717) is 16.3 Å². The lowest BCUT2D eigenvalue weighted by atomic mass is 9.91. The van der Waals surface area contributed by atoms with Gasteiger partial charge in [0.05, 0.1) is 5.69 Å². The minimum atomic E-state index is -2.81. The topological polar surface area (TPSA) is 38.9 Å². The third kappa shape index (κ3) is 2.99. The molecule has 0 saturated carbocycles. The summed E-state index contributed by atoms with van der Waals surface area (Å²) >= 11 is 0. The molecule has 144 valence electrons. The number of aryl methyl sites for hydroxylation is 2. The number of hydrogen-bond acceptors (Lipinski definition) is 3. The lowest BCUT2D eigenvalue weighted by molar-refractivity contribution is 0.562. The molecular formula is C25H28N2O. The van der Waals surface area contributed by atoms with Gasteiger partial charge in [0, 0.05) is 47.3 Å². The Morgan fingerprint density at radius 3 is 2.64 bits per heavy atom. The molecule has 4 aromatic rings. The summed E-state index contributed by atoms with van der Waals surface area (Å²) in [6, 6.07) is 7.73. The van der Waals surface area contributed by atoms with Gasteiger partial charge in [-0.15, -0.1) is 0 Å². The molecular weight excluding hydrogens is 344 g/mol. The molecule has 3 heterocycles.